The van der Waals surface area contributed by atoms with E-state index in [2.05, 4.69) is 10.3 Å². The van der Waals surface area contributed by atoms with E-state index in [4.69, 9.17) is 9.47 Å². The molecule has 0 fully saturated rings. The number of carbonyl (C=O) groups excluding carboxylic acids is 1. The van der Waals surface area contributed by atoms with Crippen molar-refractivity contribution in [2.45, 2.75) is 12.5 Å². The zero-order valence-electron chi connectivity index (χ0n) is 17.5. The Kier molecular flexibility index (Phi) is 8.51. The number of carboxylic acid groups (broad SMARTS) is 1. The fourth-order valence-electron chi connectivity index (χ4n) is 2.92. The van der Waals surface area contributed by atoms with Gasteiger partial charge in [0, 0.05) is 11.8 Å². The van der Waals surface area contributed by atoms with Crippen LogP contribution in [0.1, 0.15) is 6.42 Å². The minimum Gasteiger partial charge on any atom is -0.480 e. The van der Waals surface area contributed by atoms with E-state index < -0.39 is 23.8 Å². The molecule has 0 saturated carbocycles. The van der Waals surface area contributed by atoms with Crippen LogP contribution >= 0.6 is 11.8 Å². The van der Waals surface area contributed by atoms with Gasteiger partial charge in [0.15, 0.2) is 0 Å². The second-order valence-electron chi connectivity index (χ2n) is 6.90. The third kappa shape index (κ3) is 6.75. The molecule has 166 valence electrons. The number of aliphatic carboxylic acids is 1. The molecular formula is C24H24N2O5S. The largest absolute Gasteiger partial charge is 0.480 e. The van der Waals surface area contributed by atoms with Crippen molar-refractivity contribution in [3.8, 4) is 11.5 Å². The monoisotopic (exact) mass is 452 g/mol. The van der Waals surface area contributed by atoms with E-state index in [0.717, 1.165) is 0 Å². The van der Waals surface area contributed by atoms with Gasteiger partial charge in [-0.1, -0.05) is 30.4 Å². The summed E-state index contributed by atoms with van der Waals surface area (Å²) in [5.41, 5.74) is 0.681. The summed E-state index contributed by atoms with van der Waals surface area (Å²) in [6.07, 6.45) is 12.1. The number of rotatable bonds is 10. The number of thioether (sulfide) groups is 1. The van der Waals surface area contributed by atoms with Crippen molar-refractivity contribution in [2.75, 3.05) is 12.0 Å². The highest BCUT2D eigenvalue weighted by atomic mass is 32.2. The van der Waals surface area contributed by atoms with Gasteiger partial charge in [-0.2, -0.15) is 11.8 Å². The molecule has 7 nitrogen and oxygen atoms in total. The maximum atomic E-state index is 13.0. The van der Waals surface area contributed by atoms with Gasteiger partial charge in [-0.3, -0.25) is 9.78 Å². The zero-order valence-corrected chi connectivity index (χ0v) is 18.3. The van der Waals surface area contributed by atoms with Gasteiger partial charge in [0.25, 0.3) is 0 Å². The minimum atomic E-state index is -1.06. The van der Waals surface area contributed by atoms with Gasteiger partial charge < -0.3 is 19.9 Å². The Bertz CT molecular complexity index is 1010. The fourth-order valence-corrected chi connectivity index (χ4v) is 3.39. The Morgan fingerprint density at radius 3 is 2.69 bits per heavy atom. The van der Waals surface area contributed by atoms with Crippen LogP contribution in [0.4, 0.5) is 0 Å². The molecule has 1 heterocycles. The molecule has 3 rings (SSSR count). The average molecular weight is 453 g/mol. The molecule has 2 atom stereocenters. The number of amides is 1. The van der Waals surface area contributed by atoms with E-state index in [1.807, 2.05) is 24.5 Å². The highest BCUT2D eigenvalue weighted by molar-refractivity contribution is 7.98. The lowest BCUT2D eigenvalue weighted by Gasteiger charge is -2.23. The zero-order chi connectivity index (χ0) is 22.8. The first-order chi connectivity index (χ1) is 15.6. The lowest BCUT2D eigenvalue weighted by molar-refractivity contribution is -0.142. The Balaban J connectivity index is 1.80. The molecule has 0 bridgehead atoms. The first-order valence-corrected chi connectivity index (χ1v) is 11.4. The molecular weight excluding hydrogens is 428 g/mol. The van der Waals surface area contributed by atoms with Crippen LogP contribution in [0.15, 0.2) is 90.7 Å². The van der Waals surface area contributed by atoms with Crippen LogP contribution in [0.3, 0.4) is 0 Å². The summed E-state index contributed by atoms with van der Waals surface area (Å²) in [6, 6.07) is 11.7. The van der Waals surface area contributed by atoms with Gasteiger partial charge in [-0.05, 0) is 48.8 Å². The van der Waals surface area contributed by atoms with Gasteiger partial charge in [0.2, 0.25) is 5.91 Å². The van der Waals surface area contributed by atoms with Crippen LogP contribution in [0.5, 0.6) is 11.5 Å². The summed E-state index contributed by atoms with van der Waals surface area (Å²) >= 11 is 1.53. The molecule has 8 heteroatoms. The predicted octanol–water partition coefficient (Wildman–Crippen LogP) is 3.82. The molecule has 1 aliphatic rings. The Morgan fingerprint density at radius 1 is 1.22 bits per heavy atom. The molecule has 0 radical (unpaired) electrons. The quantitative estimate of drug-likeness (QED) is 0.529. The number of benzene rings is 1. The van der Waals surface area contributed by atoms with Crippen molar-refractivity contribution in [2.24, 2.45) is 5.92 Å². The lowest BCUT2D eigenvalue weighted by atomic mass is 9.97. The van der Waals surface area contributed by atoms with Crippen molar-refractivity contribution >= 4 is 23.6 Å². The molecule has 32 heavy (non-hydrogen) atoms. The lowest BCUT2D eigenvalue weighted by Crippen LogP contribution is -2.44. The molecule has 2 aromatic rings. The second kappa shape index (κ2) is 11.8. The predicted molar refractivity (Wildman–Crippen MR) is 123 cm³/mol. The topological polar surface area (TPSA) is 97.8 Å². The van der Waals surface area contributed by atoms with Crippen LogP contribution in [0, 0.1) is 5.92 Å². The van der Waals surface area contributed by atoms with E-state index in [0.29, 0.717) is 35.0 Å². The first kappa shape index (κ1) is 23.1. The molecule has 0 spiro atoms. The third-order valence-electron chi connectivity index (χ3n) is 4.55. The molecule has 2 unspecified atom stereocenters. The Hall–Kier alpha value is -3.52. The Labute approximate surface area is 190 Å². The smallest absolute Gasteiger partial charge is 0.326 e. The van der Waals surface area contributed by atoms with Crippen molar-refractivity contribution in [1.82, 2.24) is 10.3 Å². The summed E-state index contributed by atoms with van der Waals surface area (Å²) < 4.78 is 11.6. The van der Waals surface area contributed by atoms with E-state index >= 15 is 0 Å². The van der Waals surface area contributed by atoms with Gasteiger partial charge in [-0.25, -0.2) is 4.79 Å². The van der Waals surface area contributed by atoms with Gasteiger partial charge in [-0.15, -0.1) is 0 Å². The SMILES string of the molecule is CSCCC(NC(=O)C1C=C/C(=C/Oc2cccnc2)C=C1Oc1ccccc1)C(=O)O. The van der Waals surface area contributed by atoms with Crippen molar-refractivity contribution < 1.29 is 24.2 Å². The minimum absolute atomic E-state index is 0.335. The maximum absolute atomic E-state index is 13.0. The summed E-state index contributed by atoms with van der Waals surface area (Å²) in [6.45, 7) is 0. The number of pyridine rings is 1. The number of allylic oxidation sites excluding steroid dienone is 3. The molecule has 1 aromatic heterocycles. The second-order valence-corrected chi connectivity index (χ2v) is 7.89. The Morgan fingerprint density at radius 2 is 2.00 bits per heavy atom. The number of nitrogens with zero attached hydrogens (tertiary/aromatic N) is 1. The van der Waals surface area contributed by atoms with Crippen LogP contribution in [-0.4, -0.2) is 40.0 Å². The maximum Gasteiger partial charge on any atom is 0.326 e. The van der Waals surface area contributed by atoms with Gasteiger partial charge in [0.05, 0.1) is 12.5 Å². The number of hydrogen-bond donors (Lipinski definition) is 2. The summed E-state index contributed by atoms with van der Waals surface area (Å²) in [5.74, 6) is -0.147. The number of carboxylic acids is 1. The molecule has 2 N–H and O–H groups in total. The molecule has 1 amide bonds. The number of carbonyl (C=O) groups is 2. The third-order valence-corrected chi connectivity index (χ3v) is 5.19. The number of para-hydroxylation sites is 1. The van der Waals surface area contributed by atoms with E-state index in [-0.39, 0.29) is 0 Å². The molecule has 0 saturated heterocycles. The van der Waals surface area contributed by atoms with E-state index in [1.54, 1.807) is 54.9 Å². The highest BCUT2D eigenvalue weighted by Crippen LogP contribution is 2.26. The number of ether oxygens (including phenoxy) is 2. The van der Waals surface area contributed by atoms with Crippen LogP contribution in [-0.2, 0) is 9.59 Å². The summed E-state index contributed by atoms with van der Waals surface area (Å²) in [7, 11) is 0. The standard InChI is InChI=1S/C24H24N2O5S/c1-32-13-11-21(24(28)29)26-23(27)20-10-9-17(16-30-19-8-5-12-25-15-19)14-22(20)31-18-6-3-2-4-7-18/h2-10,12,14-16,20-21H,11,13H2,1H3,(H,26,27)(H,28,29)/b17-16-. The number of hydrogen-bond acceptors (Lipinski definition) is 6. The van der Waals surface area contributed by atoms with Crippen LogP contribution < -0.4 is 14.8 Å². The molecule has 0 aliphatic heterocycles. The van der Waals surface area contributed by atoms with Gasteiger partial charge in [0.1, 0.15) is 29.2 Å². The van der Waals surface area contributed by atoms with Crippen LogP contribution in [0.25, 0.3) is 0 Å². The van der Waals surface area contributed by atoms with Crippen molar-refractivity contribution in [3.05, 3.63) is 90.7 Å². The number of aromatic nitrogens is 1. The first-order valence-electron chi connectivity index (χ1n) is 9.98. The average Bonchev–Trinajstić information content (AvgIpc) is 2.81. The van der Waals surface area contributed by atoms with Crippen molar-refractivity contribution in [1.29, 1.82) is 0 Å². The summed E-state index contributed by atoms with van der Waals surface area (Å²) in [4.78, 5) is 28.5. The number of nitrogens with one attached hydrogen (secondary N) is 1. The highest BCUT2D eigenvalue weighted by Gasteiger charge is 2.29. The molecule has 1 aliphatic carbocycles. The van der Waals surface area contributed by atoms with Crippen molar-refractivity contribution in [3.63, 3.8) is 0 Å². The summed E-state index contributed by atoms with van der Waals surface area (Å²) in [5, 5.41) is 12.1. The van der Waals surface area contributed by atoms with Gasteiger partial charge >= 0.3 is 5.97 Å². The fraction of sp³-hybridized carbons (Fsp3) is 0.208. The molecule has 1 aromatic carbocycles. The van der Waals surface area contributed by atoms with E-state index in [9.17, 15) is 14.7 Å². The van der Waals surface area contributed by atoms with Crippen LogP contribution in [0.2, 0.25) is 0 Å². The normalized spacial score (nSPS) is 17.3. The van der Waals surface area contributed by atoms with E-state index in [1.165, 1.54) is 18.0 Å².